The number of nitrogens with one attached hydrogen (secondary N) is 1. The molecular weight excluding hydrogens is 327 g/mol. The van der Waals surface area contributed by atoms with E-state index in [-0.39, 0.29) is 29.2 Å². The lowest BCUT2D eigenvalue weighted by molar-refractivity contribution is -0.141. The minimum Gasteiger partial charge on any atom is -0.465 e. The zero-order chi connectivity index (χ0) is 17.9. The molecule has 0 aliphatic heterocycles. The molecule has 24 heavy (non-hydrogen) atoms. The lowest BCUT2D eigenvalue weighted by Gasteiger charge is -2.10. The zero-order valence-corrected chi connectivity index (χ0v) is 12.7. The molecule has 126 valence electrons. The number of carbonyl (C=O) groups excluding carboxylic acids is 1. The monoisotopic (exact) mass is 339 g/mol. The number of hydrogen-bond donors (Lipinski definition) is 1. The molecule has 0 amide bonds. The number of halogens is 3. The Kier molecular flexibility index (Phi) is 4.78. The summed E-state index contributed by atoms with van der Waals surface area (Å²) >= 11 is 0. The average molecular weight is 339 g/mol. The first kappa shape index (κ1) is 17.3. The number of aromatic nitrogens is 1. The van der Waals surface area contributed by atoms with Crippen LogP contribution in [0.1, 0.15) is 33.1 Å². The van der Waals surface area contributed by atoms with E-state index in [1.807, 2.05) is 0 Å². The van der Waals surface area contributed by atoms with Gasteiger partial charge in [-0.2, -0.15) is 18.4 Å². The van der Waals surface area contributed by atoms with Crippen molar-refractivity contribution in [3.8, 4) is 6.07 Å². The molecule has 0 radical (unpaired) electrons. The fourth-order valence-corrected chi connectivity index (χ4v) is 1.96. The predicted molar refractivity (Wildman–Crippen MR) is 76.1 cm³/mol. The Morgan fingerprint density at radius 1 is 1.46 bits per heavy atom. The maximum absolute atomic E-state index is 12.7. The zero-order valence-electron chi connectivity index (χ0n) is 12.7. The van der Waals surface area contributed by atoms with E-state index < -0.39 is 17.8 Å². The summed E-state index contributed by atoms with van der Waals surface area (Å²) in [7, 11) is 1.22. The number of nitrogens with zero attached hydrogens (tertiary/aromatic N) is 2. The van der Waals surface area contributed by atoms with E-state index in [1.54, 1.807) is 13.0 Å². The normalized spacial score (nSPS) is 11.0. The molecule has 0 fully saturated rings. The van der Waals surface area contributed by atoms with E-state index >= 15 is 0 Å². The highest BCUT2D eigenvalue weighted by Crippen LogP contribution is 2.29. The Bertz CT molecular complexity index is 807. The van der Waals surface area contributed by atoms with E-state index in [0.717, 1.165) is 12.1 Å². The Labute approximate surface area is 134 Å². The number of furan rings is 1. The molecule has 0 unspecified atom stereocenters. The second kappa shape index (κ2) is 6.62. The molecular formula is C15H12F3N3O3. The Hall–Kier alpha value is -3.02. The van der Waals surface area contributed by atoms with Crippen LogP contribution in [-0.4, -0.2) is 18.1 Å². The standard InChI is InChI=1S/C15H12F3N3O3/c1-8-11(14(22)23-2)5-10(24-8)7-20-13-9(6-19)3-4-12(21-13)15(16,17)18/h3-5H,7H2,1-2H3,(H,20,21). The van der Waals surface area contributed by atoms with Crippen molar-refractivity contribution in [3.63, 3.8) is 0 Å². The number of anilines is 1. The van der Waals surface area contributed by atoms with Crippen LogP contribution in [0.5, 0.6) is 0 Å². The number of aryl methyl sites for hydroxylation is 1. The summed E-state index contributed by atoms with van der Waals surface area (Å²) in [6.07, 6.45) is -4.62. The van der Waals surface area contributed by atoms with Crippen molar-refractivity contribution in [1.29, 1.82) is 5.26 Å². The third-order valence-electron chi connectivity index (χ3n) is 3.11. The number of ether oxygens (including phenoxy) is 1. The second-order valence-corrected chi connectivity index (χ2v) is 4.73. The minimum atomic E-state index is -4.62. The minimum absolute atomic E-state index is 0.0422. The molecule has 0 saturated heterocycles. The maximum Gasteiger partial charge on any atom is 0.433 e. The van der Waals surface area contributed by atoms with E-state index in [1.165, 1.54) is 13.2 Å². The van der Waals surface area contributed by atoms with Crippen molar-refractivity contribution in [2.24, 2.45) is 0 Å². The molecule has 6 nitrogen and oxygen atoms in total. The summed E-state index contributed by atoms with van der Waals surface area (Å²) < 4.78 is 48.0. The predicted octanol–water partition coefficient (Wildman–Crippen LogP) is 3.27. The summed E-state index contributed by atoms with van der Waals surface area (Å²) in [5.74, 6) is -0.203. The second-order valence-electron chi connectivity index (χ2n) is 4.73. The SMILES string of the molecule is COC(=O)c1cc(CNc2nc(C(F)(F)F)ccc2C#N)oc1C. The summed E-state index contributed by atoms with van der Waals surface area (Å²) in [5.41, 5.74) is -0.943. The molecule has 2 aromatic heterocycles. The molecule has 9 heteroatoms. The van der Waals surface area contributed by atoms with E-state index in [9.17, 15) is 18.0 Å². The molecule has 2 aromatic rings. The average Bonchev–Trinajstić information content (AvgIpc) is 2.91. The van der Waals surface area contributed by atoms with Crippen LogP contribution in [0.15, 0.2) is 22.6 Å². The summed E-state index contributed by atoms with van der Waals surface area (Å²) in [4.78, 5) is 14.9. The van der Waals surface area contributed by atoms with Crippen molar-refractivity contribution in [3.05, 3.63) is 46.5 Å². The van der Waals surface area contributed by atoms with Gasteiger partial charge in [-0.25, -0.2) is 9.78 Å². The van der Waals surface area contributed by atoms with Gasteiger partial charge < -0.3 is 14.5 Å². The van der Waals surface area contributed by atoms with Gasteiger partial charge in [0.2, 0.25) is 0 Å². The number of nitriles is 1. The van der Waals surface area contributed by atoms with E-state index in [0.29, 0.717) is 5.76 Å². The van der Waals surface area contributed by atoms with Gasteiger partial charge in [0.25, 0.3) is 0 Å². The van der Waals surface area contributed by atoms with Crippen LogP contribution < -0.4 is 5.32 Å². The van der Waals surface area contributed by atoms with Gasteiger partial charge in [0, 0.05) is 0 Å². The van der Waals surface area contributed by atoms with Crippen LogP contribution in [0.4, 0.5) is 19.0 Å². The lowest BCUT2D eigenvalue weighted by atomic mass is 10.2. The largest absolute Gasteiger partial charge is 0.465 e. The quantitative estimate of drug-likeness (QED) is 0.860. The molecule has 0 aliphatic carbocycles. The van der Waals surface area contributed by atoms with Gasteiger partial charge in [0.15, 0.2) is 0 Å². The van der Waals surface area contributed by atoms with Crippen molar-refractivity contribution >= 4 is 11.8 Å². The molecule has 2 rings (SSSR count). The number of pyridine rings is 1. The van der Waals surface area contributed by atoms with Crippen molar-refractivity contribution < 1.29 is 27.1 Å². The molecule has 1 N–H and O–H groups in total. The van der Waals surface area contributed by atoms with Crippen LogP contribution in [0, 0.1) is 18.3 Å². The Morgan fingerprint density at radius 2 is 2.17 bits per heavy atom. The molecule has 0 bridgehead atoms. The highest BCUT2D eigenvalue weighted by molar-refractivity contribution is 5.90. The number of hydrogen-bond acceptors (Lipinski definition) is 6. The van der Waals surface area contributed by atoms with Gasteiger partial charge in [0.05, 0.1) is 19.2 Å². The van der Waals surface area contributed by atoms with E-state index in [2.05, 4.69) is 15.0 Å². The van der Waals surface area contributed by atoms with Crippen LogP contribution >= 0.6 is 0 Å². The van der Waals surface area contributed by atoms with E-state index in [4.69, 9.17) is 9.68 Å². The first-order chi connectivity index (χ1) is 11.3. The number of alkyl halides is 3. The van der Waals surface area contributed by atoms with Crippen LogP contribution in [0.25, 0.3) is 0 Å². The van der Waals surface area contributed by atoms with Gasteiger partial charge >= 0.3 is 12.1 Å². The van der Waals surface area contributed by atoms with Crippen molar-refractivity contribution in [1.82, 2.24) is 4.98 Å². The van der Waals surface area contributed by atoms with Gasteiger partial charge in [-0.1, -0.05) is 0 Å². The van der Waals surface area contributed by atoms with Crippen LogP contribution in [0.3, 0.4) is 0 Å². The molecule has 0 aromatic carbocycles. The van der Waals surface area contributed by atoms with Crippen LogP contribution in [0.2, 0.25) is 0 Å². The first-order valence-corrected chi connectivity index (χ1v) is 6.66. The third kappa shape index (κ3) is 3.65. The van der Waals surface area contributed by atoms with Crippen molar-refractivity contribution in [2.75, 3.05) is 12.4 Å². The van der Waals surface area contributed by atoms with Gasteiger partial charge in [-0.15, -0.1) is 0 Å². The highest BCUT2D eigenvalue weighted by Gasteiger charge is 2.33. The fourth-order valence-electron chi connectivity index (χ4n) is 1.96. The molecule has 0 spiro atoms. The number of carbonyl (C=O) groups is 1. The van der Waals surface area contributed by atoms with Gasteiger partial charge in [-0.05, 0) is 25.1 Å². The van der Waals surface area contributed by atoms with Crippen molar-refractivity contribution in [2.45, 2.75) is 19.6 Å². The van der Waals surface area contributed by atoms with Gasteiger partial charge in [-0.3, -0.25) is 0 Å². The first-order valence-electron chi connectivity index (χ1n) is 6.66. The number of rotatable bonds is 4. The maximum atomic E-state index is 12.7. The summed E-state index contributed by atoms with van der Waals surface area (Å²) in [5, 5.41) is 11.6. The smallest absolute Gasteiger partial charge is 0.433 e. The van der Waals surface area contributed by atoms with Crippen LogP contribution in [-0.2, 0) is 17.5 Å². The number of esters is 1. The molecule has 2 heterocycles. The lowest BCUT2D eigenvalue weighted by Crippen LogP contribution is -2.11. The fraction of sp³-hybridized carbons (Fsp3) is 0.267. The highest BCUT2D eigenvalue weighted by atomic mass is 19.4. The Balaban J connectivity index is 2.23. The molecule has 0 atom stereocenters. The molecule has 0 aliphatic rings. The van der Waals surface area contributed by atoms with Gasteiger partial charge in [0.1, 0.15) is 34.7 Å². The summed E-state index contributed by atoms with van der Waals surface area (Å²) in [6.45, 7) is 1.50. The molecule has 0 saturated carbocycles. The third-order valence-corrected chi connectivity index (χ3v) is 3.11. The Morgan fingerprint density at radius 3 is 2.75 bits per heavy atom. The summed E-state index contributed by atoms with van der Waals surface area (Å²) in [6, 6.07) is 4.93. The topological polar surface area (TPSA) is 88.1 Å². The number of methoxy groups -OCH3 is 1.